The van der Waals surface area contributed by atoms with Crippen molar-refractivity contribution in [3.8, 4) is 5.75 Å². The molecule has 2 rings (SSSR count). The van der Waals surface area contributed by atoms with Crippen molar-refractivity contribution >= 4 is 0 Å². The minimum absolute atomic E-state index is 0.591. The first kappa shape index (κ1) is 17.0. The highest BCUT2D eigenvalue weighted by molar-refractivity contribution is 5.37. The lowest BCUT2D eigenvalue weighted by Gasteiger charge is -2.24. The zero-order chi connectivity index (χ0) is 15.9. The van der Waals surface area contributed by atoms with Crippen molar-refractivity contribution in [2.24, 2.45) is 0 Å². The van der Waals surface area contributed by atoms with Crippen molar-refractivity contribution in [3.05, 3.63) is 41.5 Å². The predicted octanol–water partition coefficient (Wildman–Crippen LogP) is 3.69. The molecule has 0 bridgehead atoms. The van der Waals surface area contributed by atoms with Gasteiger partial charge in [-0.3, -0.25) is 9.80 Å². The van der Waals surface area contributed by atoms with Crippen LogP contribution in [-0.4, -0.2) is 42.6 Å². The lowest BCUT2D eigenvalue weighted by molar-refractivity contribution is 0.257. The SMILES string of the molecule is CCC1C=CCN1Cc1ccc(OC)c(CN(CC)CC)c1. The van der Waals surface area contributed by atoms with Crippen LogP contribution in [0, 0.1) is 0 Å². The summed E-state index contributed by atoms with van der Waals surface area (Å²) in [5.41, 5.74) is 2.68. The molecule has 1 aromatic rings. The summed E-state index contributed by atoms with van der Waals surface area (Å²) in [6.45, 7) is 11.8. The molecule has 122 valence electrons. The maximum atomic E-state index is 5.55. The van der Waals surface area contributed by atoms with E-state index in [1.807, 2.05) is 0 Å². The summed E-state index contributed by atoms with van der Waals surface area (Å²) in [4.78, 5) is 4.96. The normalized spacial score (nSPS) is 18.3. The lowest BCUT2D eigenvalue weighted by Crippen LogP contribution is -2.29. The van der Waals surface area contributed by atoms with Crippen molar-refractivity contribution in [1.29, 1.82) is 0 Å². The molecule has 0 spiro atoms. The Morgan fingerprint density at radius 2 is 2.00 bits per heavy atom. The maximum Gasteiger partial charge on any atom is 0.123 e. The van der Waals surface area contributed by atoms with Gasteiger partial charge in [0.1, 0.15) is 5.75 Å². The number of rotatable bonds is 8. The van der Waals surface area contributed by atoms with Crippen molar-refractivity contribution < 1.29 is 4.74 Å². The van der Waals surface area contributed by atoms with E-state index < -0.39 is 0 Å². The van der Waals surface area contributed by atoms with Gasteiger partial charge in [0.25, 0.3) is 0 Å². The molecule has 0 aliphatic carbocycles. The Kier molecular flexibility index (Phi) is 6.47. The van der Waals surface area contributed by atoms with Crippen LogP contribution in [0.1, 0.15) is 38.3 Å². The van der Waals surface area contributed by atoms with Crippen molar-refractivity contribution in [2.45, 2.75) is 46.3 Å². The molecular weight excluding hydrogens is 272 g/mol. The van der Waals surface area contributed by atoms with Gasteiger partial charge in [0.2, 0.25) is 0 Å². The molecule has 3 nitrogen and oxygen atoms in total. The first-order valence-corrected chi connectivity index (χ1v) is 8.50. The van der Waals surface area contributed by atoms with E-state index in [9.17, 15) is 0 Å². The summed E-state index contributed by atoms with van der Waals surface area (Å²) in [5, 5.41) is 0. The van der Waals surface area contributed by atoms with Crippen LogP contribution in [-0.2, 0) is 13.1 Å². The second kappa shape index (κ2) is 8.35. The van der Waals surface area contributed by atoms with Crippen LogP contribution in [0.4, 0.5) is 0 Å². The molecule has 0 N–H and O–H groups in total. The first-order valence-electron chi connectivity index (χ1n) is 8.50. The molecule has 0 aromatic heterocycles. The van der Waals surface area contributed by atoms with Gasteiger partial charge in [0.05, 0.1) is 7.11 Å². The number of nitrogens with zero attached hydrogens (tertiary/aromatic N) is 2. The van der Waals surface area contributed by atoms with Gasteiger partial charge in [-0.15, -0.1) is 0 Å². The molecule has 1 unspecified atom stereocenters. The van der Waals surface area contributed by atoms with Gasteiger partial charge in [0.15, 0.2) is 0 Å². The summed E-state index contributed by atoms with van der Waals surface area (Å²) in [6.07, 6.45) is 5.80. The zero-order valence-electron chi connectivity index (χ0n) is 14.5. The summed E-state index contributed by atoms with van der Waals surface area (Å²) in [5.74, 6) is 1.00. The van der Waals surface area contributed by atoms with E-state index in [4.69, 9.17) is 4.74 Å². The van der Waals surface area contributed by atoms with Gasteiger partial charge >= 0.3 is 0 Å². The Morgan fingerprint density at radius 3 is 2.64 bits per heavy atom. The lowest BCUT2D eigenvalue weighted by atomic mass is 10.1. The molecule has 1 aliphatic heterocycles. The van der Waals surface area contributed by atoms with Crippen LogP contribution in [0.2, 0.25) is 0 Å². The molecule has 0 fully saturated rings. The second-order valence-electron chi connectivity index (χ2n) is 5.94. The third-order valence-corrected chi connectivity index (χ3v) is 4.60. The van der Waals surface area contributed by atoms with E-state index in [0.717, 1.165) is 38.5 Å². The van der Waals surface area contributed by atoms with Crippen LogP contribution < -0.4 is 4.74 Å². The molecule has 1 atom stereocenters. The highest BCUT2D eigenvalue weighted by atomic mass is 16.5. The molecule has 0 saturated carbocycles. The first-order chi connectivity index (χ1) is 10.7. The van der Waals surface area contributed by atoms with E-state index in [-0.39, 0.29) is 0 Å². The van der Waals surface area contributed by atoms with E-state index in [1.165, 1.54) is 17.5 Å². The molecule has 22 heavy (non-hydrogen) atoms. The Bertz CT molecular complexity index is 494. The Hall–Kier alpha value is -1.32. The van der Waals surface area contributed by atoms with Crippen molar-refractivity contribution in [3.63, 3.8) is 0 Å². The smallest absolute Gasteiger partial charge is 0.123 e. The Morgan fingerprint density at radius 1 is 1.23 bits per heavy atom. The van der Waals surface area contributed by atoms with Gasteiger partial charge in [-0.2, -0.15) is 0 Å². The maximum absolute atomic E-state index is 5.55. The van der Waals surface area contributed by atoms with E-state index in [1.54, 1.807) is 7.11 Å². The van der Waals surface area contributed by atoms with Gasteiger partial charge in [-0.25, -0.2) is 0 Å². The largest absolute Gasteiger partial charge is 0.496 e. The fourth-order valence-corrected chi connectivity index (χ4v) is 3.16. The highest BCUT2D eigenvalue weighted by Gasteiger charge is 2.18. The van der Waals surface area contributed by atoms with Gasteiger partial charge < -0.3 is 4.74 Å². The zero-order valence-corrected chi connectivity index (χ0v) is 14.5. The average molecular weight is 302 g/mol. The number of hydrogen-bond acceptors (Lipinski definition) is 3. The molecule has 3 heteroatoms. The monoisotopic (exact) mass is 302 g/mol. The number of hydrogen-bond donors (Lipinski definition) is 0. The molecule has 1 aromatic carbocycles. The van der Waals surface area contributed by atoms with E-state index in [2.05, 4.69) is 60.9 Å². The minimum Gasteiger partial charge on any atom is -0.496 e. The molecule has 1 heterocycles. The van der Waals surface area contributed by atoms with Gasteiger partial charge in [-0.1, -0.05) is 39.0 Å². The van der Waals surface area contributed by atoms with Crippen LogP contribution in [0.3, 0.4) is 0 Å². The Labute approximate surface area is 135 Å². The number of methoxy groups -OCH3 is 1. The van der Waals surface area contributed by atoms with Crippen molar-refractivity contribution in [1.82, 2.24) is 9.80 Å². The molecular formula is C19H30N2O. The summed E-state index contributed by atoms with van der Waals surface area (Å²) in [7, 11) is 1.76. The summed E-state index contributed by atoms with van der Waals surface area (Å²) < 4.78 is 5.55. The molecule has 0 saturated heterocycles. The quantitative estimate of drug-likeness (QED) is 0.681. The van der Waals surface area contributed by atoms with Crippen LogP contribution in [0.15, 0.2) is 30.4 Å². The van der Waals surface area contributed by atoms with Crippen LogP contribution in [0.5, 0.6) is 5.75 Å². The summed E-state index contributed by atoms with van der Waals surface area (Å²) >= 11 is 0. The third-order valence-electron chi connectivity index (χ3n) is 4.60. The number of ether oxygens (including phenoxy) is 1. The highest BCUT2D eigenvalue weighted by Crippen LogP contribution is 2.24. The average Bonchev–Trinajstić information content (AvgIpc) is 3.00. The van der Waals surface area contributed by atoms with E-state index >= 15 is 0 Å². The number of benzene rings is 1. The fourth-order valence-electron chi connectivity index (χ4n) is 3.16. The minimum atomic E-state index is 0.591. The molecule has 0 radical (unpaired) electrons. The topological polar surface area (TPSA) is 15.7 Å². The predicted molar refractivity (Wildman–Crippen MR) is 93.2 cm³/mol. The van der Waals surface area contributed by atoms with Gasteiger partial charge in [-0.05, 0) is 37.2 Å². The standard InChI is InChI=1S/C19H30N2O/c1-5-18-9-8-12-21(18)14-16-10-11-19(22-4)17(13-16)15-20(6-2)7-3/h8-11,13,18H,5-7,12,14-15H2,1-4H3. The Balaban J connectivity index is 2.12. The third kappa shape index (κ3) is 4.11. The molecule has 1 aliphatic rings. The van der Waals surface area contributed by atoms with Crippen LogP contribution in [0.25, 0.3) is 0 Å². The van der Waals surface area contributed by atoms with E-state index in [0.29, 0.717) is 6.04 Å². The van der Waals surface area contributed by atoms with Crippen molar-refractivity contribution in [2.75, 3.05) is 26.7 Å². The second-order valence-corrected chi connectivity index (χ2v) is 5.94. The van der Waals surface area contributed by atoms with Crippen LogP contribution >= 0.6 is 0 Å². The molecule has 0 amide bonds. The van der Waals surface area contributed by atoms with Gasteiger partial charge in [0, 0.05) is 31.2 Å². The fraction of sp³-hybridized carbons (Fsp3) is 0.579. The summed E-state index contributed by atoms with van der Waals surface area (Å²) in [6, 6.07) is 7.24.